The molecule has 5 N–H and O–H groups in total. The number of carbonyl (C=O) groups is 3. The topological polar surface area (TPSA) is 213 Å². The highest BCUT2D eigenvalue weighted by Gasteiger charge is 2.60. The van der Waals surface area contributed by atoms with Crippen molar-refractivity contribution >= 4 is 29.9 Å². The molecule has 5 aliphatic rings. The maximum atomic E-state index is 13.2. The van der Waals surface area contributed by atoms with Crippen LogP contribution < -0.4 is 10.6 Å². The van der Waals surface area contributed by atoms with E-state index in [1.807, 2.05) is 67.6 Å². The number of amides is 3. The van der Waals surface area contributed by atoms with Crippen LogP contribution in [0.4, 0.5) is 14.4 Å². The number of benzene rings is 2. The summed E-state index contributed by atoms with van der Waals surface area (Å²) in [6.07, 6.45) is -12.7. The number of rotatable bonds is 11. The molecule has 0 spiro atoms. The van der Waals surface area contributed by atoms with Crippen molar-refractivity contribution in [3.63, 3.8) is 0 Å². The quantitative estimate of drug-likeness (QED) is 0.163. The van der Waals surface area contributed by atoms with Gasteiger partial charge in [-0.05, 0) is 30.4 Å². The van der Waals surface area contributed by atoms with Crippen LogP contribution in [-0.4, -0.2) is 137 Å². The van der Waals surface area contributed by atoms with Crippen molar-refractivity contribution in [3.8, 4) is 0 Å². The van der Waals surface area contributed by atoms with Crippen molar-refractivity contribution in [1.29, 1.82) is 0 Å². The van der Waals surface area contributed by atoms with Crippen molar-refractivity contribution in [1.82, 2.24) is 15.5 Å². The van der Waals surface area contributed by atoms with Crippen LogP contribution in [0, 0.1) is 11.8 Å². The molecule has 2 aromatic carbocycles. The number of fused-ring (bicyclic) bond motifs is 3. The van der Waals surface area contributed by atoms with E-state index in [-0.39, 0.29) is 37.9 Å². The van der Waals surface area contributed by atoms with E-state index in [1.165, 1.54) is 11.9 Å². The number of halogens is 1. The van der Waals surface area contributed by atoms with Gasteiger partial charge in [0, 0.05) is 30.8 Å². The molecule has 58 heavy (non-hydrogen) atoms. The van der Waals surface area contributed by atoms with E-state index in [1.54, 1.807) is 6.92 Å². The lowest BCUT2D eigenvalue weighted by Gasteiger charge is -2.50. The van der Waals surface area contributed by atoms with Gasteiger partial charge in [-0.15, -0.1) is 11.6 Å². The molecule has 0 aromatic heterocycles. The average molecular weight is 834 g/mol. The molecule has 4 saturated heterocycles. The second-order valence-electron chi connectivity index (χ2n) is 15.7. The Bertz CT molecular complexity index is 1700. The first-order valence-corrected chi connectivity index (χ1v) is 20.2. The van der Waals surface area contributed by atoms with Gasteiger partial charge in [0.15, 0.2) is 25.0 Å². The van der Waals surface area contributed by atoms with E-state index in [0.717, 1.165) is 11.1 Å². The predicted molar refractivity (Wildman–Crippen MR) is 202 cm³/mol. The first kappa shape index (κ1) is 42.3. The summed E-state index contributed by atoms with van der Waals surface area (Å²) in [7, 11) is 1.52. The summed E-state index contributed by atoms with van der Waals surface area (Å²) in [5, 5.41) is 38.7. The van der Waals surface area contributed by atoms with Crippen LogP contribution in [0.2, 0.25) is 0 Å². The van der Waals surface area contributed by atoms with E-state index in [9.17, 15) is 29.7 Å². The number of carbonyl (C=O) groups excluding carboxylic acids is 3. The Balaban J connectivity index is 1.03. The monoisotopic (exact) mass is 833 g/mol. The molecule has 4 aliphatic heterocycles. The van der Waals surface area contributed by atoms with Crippen LogP contribution in [0.5, 0.6) is 0 Å². The molecule has 0 bridgehead atoms. The third kappa shape index (κ3) is 9.48. The number of hydrogen-bond acceptors (Lipinski definition) is 14. The molecular weight excluding hydrogens is 782 g/mol. The molecule has 1 aliphatic carbocycles. The van der Waals surface area contributed by atoms with E-state index in [0.29, 0.717) is 6.42 Å². The minimum atomic E-state index is -1.41. The normalized spacial score (nSPS) is 38.5. The summed E-state index contributed by atoms with van der Waals surface area (Å²) in [5.41, 5.74) is 1.59. The van der Waals surface area contributed by atoms with Gasteiger partial charge < -0.3 is 63.8 Å². The van der Waals surface area contributed by atoms with Gasteiger partial charge in [-0.2, -0.15) is 0 Å². The van der Waals surface area contributed by atoms with Gasteiger partial charge >= 0.3 is 18.3 Å². The van der Waals surface area contributed by atoms with Gasteiger partial charge in [-0.3, -0.25) is 4.90 Å². The van der Waals surface area contributed by atoms with Crippen LogP contribution >= 0.6 is 11.6 Å². The lowest BCUT2D eigenvalue weighted by atomic mass is 9.85. The van der Waals surface area contributed by atoms with Gasteiger partial charge in [-0.25, -0.2) is 14.4 Å². The Morgan fingerprint density at radius 1 is 0.793 bits per heavy atom. The number of alkyl carbamates (subject to hydrolysis) is 2. The second-order valence-corrected chi connectivity index (χ2v) is 16.0. The predicted octanol–water partition coefficient (Wildman–Crippen LogP) is 2.75. The number of ether oxygens (including phenoxy) is 8. The minimum Gasteiger partial charge on any atom is -0.445 e. The molecule has 4 heterocycles. The molecule has 3 amide bonds. The summed E-state index contributed by atoms with van der Waals surface area (Å²) in [6.45, 7) is 3.64. The zero-order valence-corrected chi connectivity index (χ0v) is 33.2. The maximum Gasteiger partial charge on any atom is 0.410 e. The average Bonchev–Trinajstić information content (AvgIpc) is 3.52. The van der Waals surface area contributed by atoms with Crippen molar-refractivity contribution in [2.75, 3.05) is 12.9 Å². The Hall–Kier alpha value is -3.78. The van der Waals surface area contributed by atoms with Crippen LogP contribution in [0.25, 0.3) is 0 Å². The van der Waals surface area contributed by atoms with Gasteiger partial charge in [0.1, 0.15) is 37.6 Å². The first-order valence-electron chi connectivity index (χ1n) is 19.7. The number of nitrogens with zero attached hydrogens (tertiary/aromatic N) is 1. The van der Waals surface area contributed by atoms with Crippen molar-refractivity contribution in [3.05, 3.63) is 71.8 Å². The fraction of sp³-hybridized carbons (Fsp3) is 0.625. The highest BCUT2D eigenvalue weighted by molar-refractivity contribution is 6.18. The van der Waals surface area contributed by atoms with Crippen LogP contribution in [-0.2, 0) is 51.1 Å². The molecule has 2 aromatic rings. The van der Waals surface area contributed by atoms with E-state index < -0.39 is 110 Å². The van der Waals surface area contributed by atoms with E-state index in [4.69, 9.17) is 49.5 Å². The zero-order valence-electron chi connectivity index (χ0n) is 32.4. The molecule has 18 heteroatoms. The summed E-state index contributed by atoms with van der Waals surface area (Å²) < 4.78 is 48.3. The minimum absolute atomic E-state index is 0.00601. The molecule has 8 unspecified atom stereocenters. The fourth-order valence-corrected chi connectivity index (χ4v) is 8.67. The van der Waals surface area contributed by atoms with Crippen molar-refractivity contribution in [2.24, 2.45) is 11.8 Å². The molecule has 16 atom stereocenters. The van der Waals surface area contributed by atoms with Gasteiger partial charge in [0.05, 0.1) is 30.5 Å². The fourth-order valence-electron chi connectivity index (χ4n) is 8.32. The maximum absolute atomic E-state index is 13.2. The third-order valence-electron chi connectivity index (χ3n) is 11.6. The van der Waals surface area contributed by atoms with Crippen LogP contribution in [0.1, 0.15) is 44.2 Å². The molecule has 7 rings (SSSR count). The third-order valence-corrected chi connectivity index (χ3v) is 11.9. The first-order chi connectivity index (χ1) is 27.9. The Morgan fingerprint density at radius 2 is 1.43 bits per heavy atom. The molecule has 318 valence electrons. The highest BCUT2D eigenvalue weighted by atomic mass is 35.5. The number of likely N-dealkylation sites (N-methyl/N-ethyl adjacent to an activating group) is 1. The Kier molecular flexibility index (Phi) is 13.6. The highest BCUT2D eigenvalue weighted by Crippen LogP contribution is 2.42. The van der Waals surface area contributed by atoms with Crippen LogP contribution in [0.15, 0.2) is 60.7 Å². The SMILES string of the molecule is CC1C[C@@H]2OC(O[C@H]3OC(CCl)[C@@H](C)[C@@H](O)C3O)C3C(OC(=O)N3C)C2O[C@@H]1O[C@@H]1C(NC(=O)OCc2ccccc2)C[C@@H](NC(=O)OCc2ccccc2)C[C@H]1O. The van der Waals surface area contributed by atoms with Crippen molar-refractivity contribution < 1.29 is 67.6 Å². The van der Waals surface area contributed by atoms with Gasteiger partial charge in [-0.1, -0.05) is 74.5 Å². The lowest BCUT2D eigenvalue weighted by Crippen LogP contribution is -2.66. The summed E-state index contributed by atoms with van der Waals surface area (Å²) >= 11 is 6.09. The van der Waals surface area contributed by atoms with Crippen LogP contribution in [0.3, 0.4) is 0 Å². The molecular formula is C40H52ClN3O14. The van der Waals surface area contributed by atoms with Crippen molar-refractivity contribution in [2.45, 2.75) is 132 Å². The number of aliphatic hydroxyl groups excluding tert-OH is 3. The van der Waals surface area contributed by atoms with E-state index >= 15 is 0 Å². The molecule has 5 fully saturated rings. The number of nitrogens with one attached hydrogen (secondary N) is 2. The second kappa shape index (κ2) is 18.6. The largest absolute Gasteiger partial charge is 0.445 e. The van der Waals surface area contributed by atoms with E-state index in [2.05, 4.69) is 10.6 Å². The Morgan fingerprint density at radius 3 is 2.07 bits per heavy atom. The smallest absolute Gasteiger partial charge is 0.410 e. The lowest BCUT2D eigenvalue weighted by molar-refractivity contribution is -0.375. The van der Waals surface area contributed by atoms with Gasteiger partial charge in [0.25, 0.3) is 0 Å². The Labute approximate surface area is 341 Å². The summed E-state index contributed by atoms with van der Waals surface area (Å²) in [5.74, 6) is -0.753. The number of alkyl halides is 1. The number of hydrogen-bond donors (Lipinski definition) is 5. The summed E-state index contributed by atoms with van der Waals surface area (Å²) in [6, 6.07) is 16.1. The molecule has 0 radical (unpaired) electrons. The van der Waals surface area contributed by atoms with Gasteiger partial charge in [0.2, 0.25) is 0 Å². The summed E-state index contributed by atoms with van der Waals surface area (Å²) in [4.78, 5) is 40.3. The number of aliphatic hydroxyl groups is 3. The molecule has 1 saturated carbocycles. The zero-order chi connectivity index (χ0) is 41.1. The molecule has 17 nitrogen and oxygen atoms in total. The standard InChI is InChI=1S/C40H52ClN3O14/c1-20-14-27-33(34-29(44(3)40(50)57-34)36(53-27)58-37-31(47)30(46)21(2)28(17-41)54-37)56-35(20)55-32-25(43-39(49)52-19-23-12-8-5-9-13-23)15-24(16-26(32)45)42-38(48)51-18-22-10-6-4-7-11-22/h4-13,20-21,24-37,45-47H,14-19H2,1-3H3,(H,42,48)(H,43,49)/t20?,21-,24-,25?,26-,27+,28?,29?,30-,31?,32-,33?,34?,35+,36?,37-/m1/s1.